The van der Waals surface area contributed by atoms with Crippen molar-refractivity contribution in [1.29, 1.82) is 0 Å². The average Bonchev–Trinajstić information content (AvgIpc) is 2.59. The van der Waals surface area contributed by atoms with Crippen LogP contribution in [0.2, 0.25) is 0 Å². The quantitative estimate of drug-likeness (QED) is 0.498. The van der Waals surface area contributed by atoms with Crippen molar-refractivity contribution in [3.05, 3.63) is 65.5 Å². The van der Waals surface area contributed by atoms with Gasteiger partial charge in [-0.1, -0.05) is 42.0 Å². The average molecular weight is 358 g/mol. The van der Waals surface area contributed by atoms with E-state index in [0.29, 0.717) is 11.1 Å². The number of halogens is 3. The SMILES string of the molecule is C/C(=N/N(C)c1nc(C(F)(F)F)nc2ccccc12)c1cccc(C)c1. The van der Waals surface area contributed by atoms with Gasteiger partial charge in [-0.2, -0.15) is 18.3 Å². The molecule has 134 valence electrons. The summed E-state index contributed by atoms with van der Waals surface area (Å²) in [4.78, 5) is 7.35. The summed E-state index contributed by atoms with van der Waals surface area (Å²) in [5.41, 5.74) is 2.87. The van der Waals surface area contributed by atoms with Gasteiger partial charge in [-0.25, -0.2) is 9.97 Å². The van der Waals surface area contributed by atoms with E-state index in [1.807, 2.05) is 31.2 Å². The van der Waals surface area contributed by atoms with E-state index >= 15 is 0 Å². The van der Waals surface area contributed by atoms with Crippen LogP contribution in [-0.4, -0.2) is 22.7 Å². The first-order chi connectivity index (χ1) is 12.3. The van der Waals surface area contributed by atoms with Crippen molar-refractivity contribution >= 4 is 22.4 Å². The van der Waals surface area contributed by atoms with Crippen LogP contribution < -0.4 is 5.01 Å². The van der Waals surface area contributed by atoms with Gasteiger partial charge in [0.25, 0.3) is 0 Å². The highest BCUT2D eigenvalue weighted by molar-refractivity contribution is 6.00. The molecule has 0 N–H and O–H groups in total. The Bertz CT molecular complexity index is 980. The van der Waals surface area contributed by atoms with Gasteiger partial charge in [0, 0.05) is 12.4 Å². The van der Waals surface area contributed by atoms with Crippen molar-refractivity contribution in [2.45, 2.75) is 20.0 Å². The highest BCUT2D eigenvalue weighted by Gasteiger charge is 2.36. The van der Waals surface area contributed by atoms with E-state index in [1.165, 1.54) is 11.1 Å². The molecule has 3 aromatic rings. The van der Waals surface area contributed by atoms with E-state index in [0.717, 1.165) is 11.1 Å². The zero-order valence-corrected chi connectivity index (χ0v) is 14.5. The van der Waals surface area contributed by atoms with Gasteiger partial charge in [0.05, 0.1) is 11.2 Å². The van der Waals surface area contributed by atoms with Crippen LogP contribution in [0.25, 0.3) is 10.9 Å². The molecule has 0 spiro atoms. The summed E-state index contributed by atoms with van der Waals surface area (Å²) in [7, 11) is 1.58. The first kappa shape index (κ1) is 17.8. The van der Waals surface area contributed by atoms with Crippen molar-refractivity contribution in [2.75, 3.05) is 12.1 Å². The molecule has 0 unspecified atom stereocenters. The Hall–Kier alpha value is -2.96. The molecule has 0 aliphatic carbocycles. The number of aromatic nitrogens is 2. The van der Waals surface area contributed by atoms with Crippen molar-refractivity contribution in [3.63, 3.8) is 0 Å². The Kier molecular flexibility index (Phi) is 4.63. The molecule has 0 aliphatic heterocycles. The highest BCUT2D eigenvalue weighted by Crippen LogP contribution is 2.31. The summed E-state index contributed by atoms with van der Waals surface area (Å²) in [6.07, 6.45) is -4.63. The van der Waals surface area contributed by atoms with E-state index in [2.05, 4.69) is 15.1 Å². The van der Waals surface area contributed by atoms with E-state index in [-0.39, 0.29) is 11.3 Å². The van der Waals surface area contributed by atoms with Gasteiger partial charge in [0.1, 0.15) is 0 Å². The van der Waals surface area contributed by atoms with Crippen molar-refractivity contribution in [1.82, 2.24) is 9.97 Å². The zero-order chi connectivity index (χ0) is 18.9. The molecular weight excluding hydrogens is 341 g/mol. The molecule has 0 aliphatic rings. The summed E-state index contributed by atoms with van der Waals surface area (Å²) in [6, 6.07) is 14.3. The fourth-order valence-corrected chi connectivity index (χ4v) is 2.63. The molecular formula is C19H17F3N4. The van der Waals surface area contributed by atoms with Crippen LogP contribution in [0.15, 0.2) is 53.6 Å². The van der Waals surface area contributed by atoms with Crippen LogP contribution in [0, 0.1) is 6.92 Å². The van der Waals surface area contributed by atoms with Gasteiger partial charge in [-0.15, -0.1) is 0 Å². The lowest BCUT2D eigenvalue weighted by molar-refractivity contribution is -0.144. The van der Waals surface area contributed by atoms with E-state index in [4.69, 9.17) is 0 Å². The smallest absolute Gasteiger partial charge is 0.250 e. The second kappa shape index (κ2) is 6.74. The molecule has 3 rings (SSSR count). The third-order valence-corrected chi connectivity index (χ3v) is 3.88. The maximum absolute atomic E-state index is 13.2. The monoisotopic (exact) mass is 358 g/mol. The molecule has 26 heavy (non-hydrogen) atoms. The number of benzene rings is 2. The van der Waals surface area contributed by atoms with Crippen molar-refractivity contribution in [3.8, 4) is 0 Å². The predicted molar refractivity (Wildman–Crippen MR) is 96.3 cm³/mol. The first-order valence-electron chi connectivity index (χ1n) is 7.95. The van der Waals surface area contributed by atoms with Crippen LogP contribution in [0.3, 0.4) is 0 Å². The summed E-state index contributed by atoms with van der Waals surface area (Å²) in [5, 5.41) is 6.29. The maximum atomic E-state index is 13.2. The van der Waals surface area contributed by atoms with Gasteiger partial charge in [-0.05, 0) is 31.5 Å². The minimum atomic E-state index is -4.63. The zero-order valence-electron chi connectivity index (χ0n) is 14.5. The number of aryl methyl sites for hydroxylation is 1. The summed E-state index contributed by atoms with van der Waals surface area (Å²) < 4.78 is 39.5. The molecule has 0 saturated heterocycles. The third kappa shape index (κ3) is 3.66. The molecule has 2 aromatic carbocycles. The number of anilines is 1. The van der Waals surface area contributed by atoms with Crippen LogP contribution >= 0.6 is 0 Å². The maximum Gasteiger partial charge on any atom is 0.451 e. The number of hydrazone groups is 1. The lowest BCUT2D eigenvalue weighted by Gasteiger charge is -2.17. The van der Waals surface area contributed by atoms with Gasteiger partial charge >= 0.3 is 6.18 Å². The van der Waals surface area contributed by atoms with Crippen LogP contribution in [0.1, 0.15) is 23.9 Å². The summed E-state index contributed by atoms with van der Waals surface area (Å²) >= 11 is 0. The minimum absolute atomic E-state index is 0.106. The largest absolute Gasteiger partial charge is 0.451 e. The van der Waals surface area contributed by atoms with E-state index in [1.54, 1.807) is 32.2 Å². The number of para-hydroxylation sites is 1. The van der Waals surface area contributed by atoms with Gasteiger partial charge in [0.2, 0.25) is 5.82 Å². The highest BCUT2D eigenvalue weighted by atomic mass is 19.4. The molecule has 1 aromatic heterocycles. The summed E-state index contributed by atoms with van der Waals surface area (Å²) in [5.74, 6) is -1.07. The lowest BCUT2D eigenvalue weighted by atomic mass is 10.1. The molecule has 0 atom stereocenters. The minimum Gasteiger partial charge on any atom is -0.250 e. The Morgan fingerprint density at radius 1 is 1.04 bits per heavy atom. The molecule has 0 radical (unpaired) electrons. The second-order valence-electron chi connectivity index (χ2n) is 5.96. The number of alkyl halides is 3. The standard InChI is InChI=1S/C19H17F3N4/c1-12-7-6-8-14(11-12)13(2)25-26(3)17-15-9-4-5-10-16(15)23-18(24-17)19(20,21)22/h4-11H,1-3H3/b25-13-. The van der Waals surface area contributed by atoms with Gasteiger partial charge < -0.3 is 0 Å². The number of hydrogen-bond acceptors (Lipinski definition) is 4. The molecule has 1 heterocycles. The van der Waals surface area contributed by atoms with Crippen LogP contribution in [0.5, 0.6) is 0 Å². The van der Waals surface area contributed by atoms with Crippen molar-refractivity contribution < 1.29 is 13.2 Å². The van der Waals surface area contributed by atoms with Gasteiger partial charge in [-0.3, -0.25) is 5.01 Å². The Balaban J connectivity index is 2.10. The Morgan fingerprint density at radius 2 is 1.77 bits per heavy atom. The number of hydrogen-bond donors (Lipinski definition) is 0. The lowest BCUT2D eigenvalue weighted by Crippen LogP contribution is -2.18. The topological polar surface area (TPSA) is 41.4 Å². The number of rotatable bonds is 3. The Labute approximate surface area is 149 Å². The second-order valence-corrected chi connectivity index (χ2v) is 5.96. The molecule has 0 amide bonds. The van der Waals surface area contributed by atoms with E-state index in [9.17, 15) is 13.2 Å². The van der Waals surface area contributed by atoms with Gasteiger partial charge in [0.15, 0.2) is 5.82 Å². The number of nitrogens with zero attached hydrogens (tertiary/aromatic N) is 4. The molecule has 4 nitrogen and oxygen atoms in total. The normalized spacial score (nSPS) is 12.5. The van der Waals surface area contributed by atoms with Crippen LogP contribution in [-0.2, 0) is 6.18 Å². The fraction of sp³-hybridized carbons (Fsp3) is 0.211. The Morgan fingerprint density at radius 3 is 2.46 bits per heavy atom. The molecule has 0 saturated carbocycles. The molecule has 7 heteroatoms. The summed E-state index contributed by atoms with van der Waals surface area (Å²) in [6.45, 7) is 3.77. The molecule has 0 fully saturated rings. The van der Waals surface area contributed by atoms with Crippen LogP contribution in [0.4, 0.5) is 19.0 Å². The molecule has 0 bridgehead atoms. The fourth-order valence-electron chi connectivity index (χ4n) is 2.63. The first-order valence-corrected chi connectivity index (χ1v) is 7.95. The van der Waals surface area contributed by atoms with Crippen molar-refractivity contribution in [2.24, 2.45) is 5.10 Å². The predicted octanol–water partition coefficient (Wildman–Crippen LogP) is 4.82. The third-order valence-electron chi connectivity index (χ3n) is 3.88. The number of fused-ring (bicyclic) bond motifs is 1. The van der Waals surface area contributed by atoms with E-state index < -0.39 is 12.0 Å².